The topological polar surface area (TPSA) is 104 Å². The second-order valence-corrected chi connectivity index (χ2v) is 10.1. The first-order valence-corrected chi connectivity index (χ1v) is 11.7. The van der Waals surface area contributed by atoms with Gasteiger partial charge in [-0.15, -0.1) is 0 Å². The highest BCUT2D eigenvalue weighted by Crippen LogP contribution is 2.32. The lowest BCUT2D eigenvalue weighted by Crippen LogP contribution is -2.37. The minimum Gasteiger partial charge on any atom is -0.350 e. The van der Waals surface area contributed by atoms with Gasteiger partial charge < -0.3 is 5.32 Å². The highest BCUT2D eigenvalue weighted by Gasteiger charge is 2.34. The molecule has 168 valence electrons. The number of thioether (sulfide) groups is 1. The van der Waals surface area contributed by atoms with E-state index in [0.717, 1.165) is 9.21 Å². The molecule has 11 heteroatoms. The zero-order valence-electron chi connectivity index (χ0n) is 17.2. The van der Waals surface area contributed by atoms with Crippen LogP contribution in [0, 0.1) is 5.82 Å². The standard InChI is InChI=1S/C21H20FN3O5S2/c1-24(2)32(29,30)16-8-5-7-15(12-16)19(26)23-10-11-25-20(27)18(31-21(25)28)13-14-6-3-4-9-17(14)22/h3-9,12-13H,10-11H2,1-2H3,(H,23,26)/b18-13-. The fourth-order valence-corrected chi connectivity index (χ4v) is 4.62. The van der Waals surface area contributed by atoms with Crippen LogP contribution in [0.2, 0.25) is 0 Å². The zero-order valence-corrected chi connectivity index (χ0v) is 18.9. The first-order chi connectivity index (χ1) is 15.1. The molecule has 1 heterocycles. The van der Waals surface area contributed by atoms with Crippen molar-refractivity contribution < 1.29 is 27.2 Å². The van der Waals surface area contributed by atoms with Crippen LogP contribution in [-0.4, -0.2) is 61.9 Å². The molecular formula is C21H20FN3O5S2. The SMILES string of the molecule is CN(C)S(=O)(=O)c1cccc(C(=O)NCCN2C(=O)S/C(=C\c3ccccc3F)C2=O)c1. The van der Waals surface area contributed by atoms with E-state index in [9.17, 15) is 27.2 Å². The van der Waals surface area contributed by atoms with Gasteiger partial charge in [0.25, 0.3) is 17.1 Å². The molecule has 8 nitrogen and oxygen atoms in total. The summed E-state index contributed by atoms with van der Waals surface area (Å²) in [5.74, 6) is -1.63. The average molecular weight is 478 g/mol. The molecule has 0 aromatic heterocycles. The summed E-state index contributed by atoms with van der Waals surface area (Å²) >= 11 is 0.696. The van der Waals surface area contributed by atoms with Crippen LogP contribution in [-0.2, 0) is 14.8 Å². The number of halogens is 1. The molecule has 0 aliphatic carbocycles. The Kier molecular flexibility index (Phi) is 7.12. The van der Waals surface area contributed by atoms with Crippen LogP contribution in [0.25, 0.3) is 6.08 Å². The molecular weight excluding hydrogens is 457 g/mol. The molecule has 1 fully saturated rings. The fraction of sp³-hybridized carbons (Fsp3) is 0.190. The van der Waals surface area contributed by atoms with Gasteiger partial charge >= 0.3 is 0 Å². The van der Waals surface area contributed by atoms with Crippen molar-refractivity contribution in [3.63, 3.8) is 0 Å². The number of carbonyl (C=O) groups excluding carboxylic acids is 3. The normalized spacial score (nSPS) is 15.6. The van der Waals surface area contributed by atoms with Gasteiger partial charge in [-0.25, -0.2) is 17.1 Å². The summed E-state index contributed by atoms with van der Waals surface area (Å²) in [7, 11) is -0.920. The van der Waals surface area contributed by atoms with Crippen molar-refractivity contribution in [1.29, 1.82) is 0 Å². The van der Waals surface area contributed by atoms with Gasteiger partial charge in [0.2, 0.25) is 10.0 Å². The predicted octanol–water partition coefficient (Wildman–Crippen LogP) is 2.54. The van der Waals surface area contributed by atoms with Crippen LogP contribution in [0.5, 0.6) is 0 Å². The summed E-state index contributed by atoms with van der Waals surface area (Å²) < 4.78 is 39.3. The first kappa shape index (κ1) is 23.6. The van der Waals surface area contributed by atoms with Crippen LogP contribution < -0.4 is 5.32 Å². The van der Waals surface area contributed by atoms with Gasteiger partial charge in [-0.1, -0.05) is 24.3 Å². The van der Waals surface area contributed by atoms with E-state index >= 15 is 0 Å². The van der Waals surface area contributed by atoms with E-state index in [1.165, 1.54) is 62.6 Å². The lowest BCUT2D eigenvalue weighted by molar-refractivity contribution is -0.122. The van der Waals surface area contributed by atoms with E-state index in [4.69, 9.17) is 0 Å². The quantitative estimate of drug-likeness (QED) is 0.615. The van der Waals surface area contributed by atoms with E-state index in [1.54, 1.807) is 6.07 Å². The van der Waals surface area contributed by atoms with E-state index in [0.29, 0.717) is 11.8 Å². The number of carbonyl (C=O) groups is 3. The van der Waals surface area contributed by atoms with Crippen molar-refractivity contribution in [1.82, 2.24) is 14.5 Å². The molecule has 3 rings (SSSR count). The van der Waals surface area contributed by atoms with Gasteiger partial charge in [0, 0.05) is 38.3 Å². The first-order valence-electron chi connectivity index (χ1n) is 9.42. The number of rotatable bonds is 7. The molecule has 32 heavy (non-hydrogen) atoms. The number of nitrogens with one attached hydrogen (secondary N) is 1. The number of nitrogens with zero attached hydrogens (tertiary/aromatic N) is 2. The maximum Gasteiger partial charge on any atom is 0.293 e. The lowest BCUT2D eigenvalue weighted by atomic mass is 10.2. The fourth-order valence-electron chi connectivity index (χ4n) is 2.82. The molecule has 1 saturated heterocycles. The van der Waals surface area contributed by atoms with Crippen LogP contribution in [0.1, 0.15) is 15.9 Å². The van der Waals surface area contributed by atoms with Crippen molar-refractivity contribution in [2.75, 3.05) is 27.2 Å². The molecule has 0 bridgehead atoms. The second kappa shape index (κ2) is 9.63. The largest absolute Gasteiger partial charge is 0.350 e. The molecule has 2 aromatic carbocycles. The predicted molar refractivity (Wildman–Crippen MR) is 119 cm³/mol. The Morgan fingerprint density at radius 2 is 1.88 bits per heavy atom. The molecule has 0 unspecified atom stereocenters. The molecule has 1 aliphatic heterocycles. The van der Waals surface area contributed by atoms with E-state index in [-0.39, 0.29) is 34.0 Å². The molecule has 0 saturated carbocycles. The number of sulfonamides is 1. The van der Waals surface area contributed by atoms with Crippen LogP contribution in [0.15, 0.2) is 58.3 Å². The summed E-state index contributed by atoms with van der Waals surface area (Å²) in [6.07, 6.45) is 1.31. The van der Waals surface area contributed by atoms with Crippen LogP contribution >= 0.6 is 11.8 Å². The lowest BCUT2D eigenvalue weighted by Gasteiger charge is -2.14. The summed E-state index contributed by atoms with van der Waals surface area (Å²) in [6, 6.07) is 11.4. The number of imide groups is 1. The van der Waals surface area contributed by atoms with Crippen molar-refractivity contribution in [3.8, 4) is 0 Å². The minimum atomic E-state index is -3.70. The minimum absolute atomic E-state index is 0.0284. The number of amides is 3. The Balaban J connectivity index is 1.63. The Hall–Kier alpha value is -3.02. The smallest absolute Gasteiger partial charge is 0.293 e. The molecule has 1 N–H and O–H groups in total. The van der Waals surface area contributed by atoms with Gasteiger partial charge in [0.05, 0.1) is 9.80 Å². The summed E-state index contributed by atoms with van der Waals surface area (Å²) in [5, 5.41) is 2.04. The molecule has 0 atom stereocenters. The van der Waals surface area contributed by atoms with Crippen molar-refractivity contribution in [3.05, 3.63) is 70.4 Å². The second-order valence-electron chi connectivity index (χ2n) is 6.93. The third-order valence-electron chi connectivity index (χ3n) is 4.56. The van der Waals surface area contributed by atoms with E-state index in [1.807, 2.05) is 0 Å². The Bertz CT molecular complexity index is 1210. The third kappa shape index (κ3) is 5.06. The number of benzene rings is 2. The molecule has 1 aliphatic rings. The van der Waals surface area contributed by atoms with E-state index < -0.39 is 32.9 Å². The van der Waals surface area contributed by atoms with Crippen molar-refractivity contribution in [2.45, 2.75) is 4.90 Å². The average Bonchev–Trinajstić information content (AvgIpc) is 3.02. The third-order valence-corrected chi connectivity index (χ3v) is 7.28. The molecule has 0 spiro atoms. The van der Waals surface area contributed by atoms with Crippen LogP contribution in [0.3, 0.4) is 0 Å². The van der Waals surface area contributed by atoms with Gasteiger partial charge in [-0.3, -0.25) is 19.3 Å². The summed E-state index contributed by atoms with van der Waals surface area (Å²) in [4.78, 5) is 38.1. The maximum atomic E-state index is 13.8. The maximum absolute atomic E-state index is 13.8. The summed E-state index contributed by atoms with van der Waals surface area (Å²) in [6.45, 7) is -0.116. The van der Waals surface area contributed by atoms with Gasteiger partial charge in [0.15, 0.2) is 0 Å². The van der Waals surface area contributed by atoms with Crippen molar-refractivity contribution >= 4 is 44.9 Å². The Labute approximate surface area is 189 Å². The Morgan fingerprint density at radius 3 is 2.56 bits per heavy atom. The van der Waals surface area contributed by atoms with Gasteiger partial charge in [0.1, 0.15) is 5.82 Å². The zero-order chi connectivity index (χ0) is 23.5. The van der Waals surface area contributed by atoms with Gasteiger partial charge in [-0.05, 0) is 42.1 Å². The highest BCUT2D eigenvalue weighted by molar-refractivity contribution is 8.18. The molecule has 3 amide bonds. The molecule has 2 aromatic rings. The Morgan fingerprint density at radius 1 is 1.16 bits per heavy atom. The van der Waals surface area contributed by atoms with E-state index in [2.05, 4.69) is 5.32 Å². The summed E-state index contributed by atoms with van der Waals surface area (Å²) in [5.41, 5.74) is 0.320. The van der Waals surface area contributed by atoms with Gasteiger partial charge in [-0.2, -0.15) is 0 Å². The highest BCUT2D eigenvalue weighted by atomic mass is 32.2. The van der Waals surface area contributed by atoms with Crippen LogP contribution in [0.4, 0.5) is 9.18 Å². The molecule has 0 radical (unpaired) electrons. The number of hydrogen-bond acceptors (Lipinski definition) is 6. The number of hydrogen-bond donors (Lipinski definition) is 1. The van der Waals surface area contributed by atoms with Crippen molar-refractivity contribution in [2.24, 2.45) is 0 Å². The monoisotopic (exact) mass is 477 g/mol.